The number of nitrogens with zero attached hydrogens (tertiary/aromatic N) is 2. The molecule has 0 aliphatic carbocycles. The van der Waals surface area contributed by atoms with Crippen LogP contribution >= 0.6 is 0 Å². The lowest BCUT2D eigenvalue weighted by atomic mass is 10.1. The van der Waals surface area contributed by atoms with Gasteiger partial charge in [-0.25, -0.2) is 0 Å². The number of rotatable bonds is 6. The maximum absolute atomic E-state index is 12.9. The summed E-state index contributed by atoms with van der Waals surface area (Å²) in [6.07, 6.45) is 2.73. The van der Waals surface area contributed by atoms with E-state index in [0.717, 1.165) is 30.9 Å². The van der Waals surface area contributed by atoms with Crippen molar-refractivity contribution < 1.29 is 19.1 Å². The van der Waals surface area contributed by atoms with Gasteiger partial charge in [0.25, 0.3) is 0 Å². The summed E-state index contributed by atoms with van der Waals surface area (Å²) in [6, 6.07) is 13.8. The molecule has 168 valence electrons. The smallest absolute Gasteiger partial charge is 0.227 e. The van der Waals surface area contributed by atoms with Gasteiger partial charge in [0.2, 0.25) is 11.8 Å². The SMILES string of the molecule is O=C(NCc1ccccc1CN1CCCC1)C1CC(=O)N(c2ccc3c(c2)OCCO3)C1. The number of carbonyl (C=O) groups excluding carboxylic acids is 2. The predicted molar refractivity (Wildman–Crippen MR) is 121 cm³/mol. The summed E-state index contributed by atoms with van der Waals surface area (Å²) in [7, 11) is 0. The van der Waals surface area contributed by atoms with Crippen molar-refractivity contribution in [1.29, 1.82) is 0 Å². The minimum atomic E-state index is -0.360. The van der Waals surface area contributed by atoms with Gasteiger partial charge in [0.05, 0.1) is 5.92 Å². The monoisotopic (exact) mass is 435 g/mol. The summed E-state index contributed by atoms with van der Waals surface area (Å²) >= 11 is 0. The molecule has 2 saturated heterocycles. The molecule has 0 bridgehead atoms. The lowest BCUT2D eigenvalue weighted by molar-refractivity contribution is -0.126. The van der Waals surface area contributed by atoms with E-state index in [0.29, 0.717) is 37.8 Å². The number of benzene rings is 2. The molecular weight excluding hydrogens is 406 g/mol. The molecule has 7 heteroatoms. The second kappa shape index (κ2) is 9.20. The Kier molecular flexibility index (Phi) is 5.99. The van der Waals surface area contributed by atoms with Crippen LogP contribution in [0.2, 0.25) is 0 Å². The Balaban J connectivity index is 1.20. The summed E-state index contributed by atoms with van der Waals surface area (Å²) in [5.41, 5.74) is 3.14. The molecule has 1 unspecified atom stereocenters. The summed E-state index contributed by atoms with van der Waals surface area (Å²) < 4.78 is 11.2. The Morgan fingerprint density at radius 1 is 1.00 bits per heavy atom. The third kappa shape index (κ3) is 4.43. The maximum Gasteiger partial charge on any atom is 0.227 e. The standard InChI is InChI=1S/C25H29N3O4/c29-24-13-20(17-28(24)21-7-8-22-23(14-21)32-12-11-31-22)25(30)26-15-18-5-1-2-6-19(18)16-27-9-3-4-10-27/h1-2,5-8,14,20H,3-4,9-13,15-17H2,(H,26,30). The zero-order valence-electron chi connectivity index (χ0n) is 18.2. The van der Waals surface area contributed by atoms with Gasteiger partial charge in [0.15, 0.2) is 11.5 Å². The van der Waals surface area contributed by atoms with E-state index in [2.05, 4.69) is 28.4 Å². The number of hydrogen-bond acceptors (Lipinski definition) is 5. The summed E-state index contributed by atoms with van der Waals surface area (Å²) in [5, 5.41) is 3.07. The number of anilines is 1. The molecule has 0 spiro atoms. The molecule has 0 aromatic heterocycles. The maximum atomic E-state index is 12.9. The molecule has 3 heterocycles. The van der Waals surface area contributed by atoms with Gasteiger partial charge in [-0.05, 0) is 49.2 Å². The van der Waals surface area contributed by atoms with Crippen LogP contribution in [0, 0.1) is 5.92 Å². The number of nitrogens with one attached hydrogen (secondary N) is 1. The van der Waals surface area contributed by atoms with Gasteiger partial charge < -0.3 is 19.7 Å². The van der Waals surface area contributed by atoms with Gasteiger partial charge in [0.1, 0.15) is 13.2 Å². The van der Waals surface area contributed by atoms with E-state index in [1.807, 2.05) is 24.3 Å². The lowest BCUT2D eigenvalue weighted by Crippen LogP contribution is -2.33. The van der Waals surface area contributed by atoms with Crippen LogP contribution in [0.5, 0.6) is 11.5 Å². The number of likely N-dealkylation sites (tertiary alicyclic amines) is 1. The van der Waals surface area contributed by atoms with Crippen molar-refractivity contribution in [3.63, 3.8) is 0 Å². The van der Waals surface area contributed by atoms with Crippen LogP contribution < -0.4 is 19.7 Å². The van der Waals surface area contributed by atoms with Crippen LogP contribution in [0.15, 0.2) is 42.5 Å². The molecule has 5 rings (SSSR count). The van der Waals surface area contributed by atoms with Crippen LogP contribution in [0.3, 0.4) is 0 Å². The average molecular weight is 436 g/mol. The Bertz CT molecular complexity index is 1000. The highest BCUT2D eigenvalue weighted by molar-refractivity contribution is 6.00. The Morgan fingerprint density at radius 2 is 1.75 bits per heavy atom. The van der Waals surface area contributed by atoms with Gasteiger partial charge in [0, 0.05) is 37.8 Å². The first-order chi connectivity index (χ1) is 15.7. The van der Waals surface area contributed by atoms with Gasteiger partial charge in [-0.3, -0.25) is 14.5 Å². The highest BCUT2D eigenvalue weighted by Crippen LogP contribution is 2.36. The quantitative estimate of drug-likeness (QED) is 0.756. The minimum absolute atomic E-state index is 0.0451. The van der Waals surface area contributed by atoms with Crippen molar-refractivity contribution in [2.45, 2.75) is 32.4 Å². The van der Waals surface area contributed by atoms with Crippen LogP contribution in [-0.2, 0) is 22.7 Å². The van der Waals surface area contributed by atoms with Crippen LogP contribution in [-0.4, -0.2) is 49.6 Å². The molecule has 2 fully saturated rings. The van der Waals surface area contributed by atoms with Crippen LogP contribution in [0.1, 0.15) is 30.4 Å². The Labute approximate surface area is 188 Å². The highest BCUT2D eigenvalue weighted by atomic mass is 16.6. The lowest BCUT2D eigenvalue weighted by Gasteiger charge is -2.22. The fraction of sp³-hybridized carbons (Fsp3) is 0.440. The molecule has 0 saturated carbocycles. The first-order valence-corrected chi connectivity index (χ1v) is 11.4. The van der Waals surface area contributed by atoms with Gasteiger partial charge in [-0.2, -0.15) is 0 Å². The van der Waals surface area contributed by atoms with E-state index in [-0.39, 0.29) is 24.2 Å². The third-order valence-electron chi connectivity index (χ3n) is 6.50. The minimum Gasteiger partial charge on any atom is -0.486 e. The number of hydrogen-bond donors (Lipinski definition) is 1. The van der Waals surface area contributed by atoms with Crippen molar-refractivity contribution in [3.05, 3.63) is 53.6 Å². The number of amides is 2. The van der Waals surface area contributed by atoms with Crippen LogP contribution in [0.25, 0.3) is 0 Å². The molecule has 0 radical (unpaired) electrons. The molecule has 2 aromatic rings. The zero-order valence-corrected chi connectivity index (χ0v) is 18.2. The second-order valence-corrected chi connectivity index (χ2v) is 8.70. The van der Waals surface area contributed by atoms with Gasteiger partial charge in [-0.1, -0.05) is 24.3 Å². The third-order valence-corrected chi connectivity index (χ3v) is 6.50. The number of ether oxygens (including phenoxy) is 2. The number of fused-ring (bicyclic) bond motifs is 1. The van der Waals surface area contributed by atoms with Crippen molar-refractivity contribution in [1.82, 2.24) is 10.2 Å². The summed E-state index contributed by atoms with van der Waals surface area (Å²) in [5.74, 6) is 0.852. The van der Waals surface area contributed by atoms with E-state index in [4.69, 9.17) is 9.47 Å². The largest absolute Gasteiger partial charge is 0.486 e. The normalized spacial score (nSPS) is 20.6. The van der Waals surface area contributed by atoms with Gasteiger partial charge >= 0.3 is 0 Å². The van der Waals surface area contributed by atoms with E-state index in [9.17, 15) is 9.59 Å². The second-order valence-electron chi connectivity index (χ2n) is 8.70. The molecule has 32 heavy (non-hydrogen) atoms. The fourth-order valence-electron chi connectivity index (χ4n) is 4.73. The van der Waals surface area contributed by atoms with Crippen molar-refractivity contribution in [2.75, 3.05) is 37.7 Å². The van der Waals surface area contributed by atoms with E-state index < -0.39 is 0 Å². The van der Waals surface area contributed by atoms with Crippen molar-refractivity contribution in [2.24, 2.45) is 5.92 Å². The van der Waals surface area contributed by atoms with E-state index >= 15 is 0 Å². The van der Waals surface area contributed by atoms with E-state index in [1.165, 1.54) is 18.4 Å². The molecule has 1 atom stereocenters. The van der Waals surface area contributed by atoms with Gasteiger partial charge in [-0.15, -0.1) is 0 Å². The molecule has 2 aromatic carbocycles. The van der Waals surface area contributed by atoms with Crippen molar-refractivity contribution >= 4 is 17.5 Å². The highest BCUT2D eigenvalue weighted by Gasteiger charge is 2.35. The predicted octanol–water partition coefficient (Wildman–Crippen LogP) is 2.72. The molecule has 3 aliphatic rings. The molecule has 3 aliphatic heterocycles. The molecule has 2 amide bonds. The van der Waals surface area contributed by atoms with E-state index in [1.54, 1.807) is 4.90 Å². The average Bonchev–Trinajstić information content (AvgIpc) is 3.47. The molecular formula is C25H29N3O4. The van der Waals surface area contributed by atoms with Crippen LogP contribution in [0.4, 0.5) is 5.69 Å². The first kappa shape index (κ1) is 20.8. The summed E-state index contributed by atoms with van der Waals surface area (Å²) in [4.78, 5) is 29.7. The molecule has 1 N–H and O–H groups in total. The topological polar surface area (TPSA) is 71.1 Å². The van der Waals surface area contributed by atoms with Crippen molar-refractivity contribution in [3.8, 4) is 11.5 Å². The Morgan fingerprint density at radius 3 is 2.56 bits per heavy atom. The number of carbonyl (C=O) groups is 2. The Hall–Kier alpha value is -3.06. The molecule has 7 nitrogen and oxygen atoms in total. The summed E-state index contributed by atoms with van der Waals surface area (Å²) in [6.45, 7) is 5.08. The fourth-order valence-corrected chi connectivity index (χ4v) is 4.73. The zero-order chi connectivity index (χ0) is 21.9. The first-order valence-electron chi connectivity index (χ1n) is 11.4.